The molecule has 1 saturated heterocycles. The number of fused-ring (bicyclic) bond motifs is 1. The summed E-state index contributed by atoms with van der Waals surface area (Å²) in [6.07, 6.45) is 3.10. The summed E-state index contributed by atoms with van der Waals surface area (Å²) in [5.41, 5.74) is 2.83. The molecule has 2 aliphatic rings. The van der Waals surface area contributed by atoms with E-state index in [1.165, 1.54) is 33.6 Å². The number of anilines is 1. The number of nitrogens with one attached hydrogen (secondary N) is 2. The summed E-state index contributed by atoms with van der Waals surface area (Å²) in [5.74, 6) is -0.272. The fourth-order valence-electron chi connectivity index (χ4n) is 4.07. The number of sulfonamides is 1. The van der Waals surface area contributed by atoms with E-state index in [-0.39, 0.29) is 34.1 Å². The van der Waals surface area contributed by atoms with Crippen molar-refractivity contribution in [2.24, 2.45) is 0 Å². The number of carbonyl (C=O) groups excluding carboxylic acids is 1. The van der Waals surface area contributed by atoms with Gasteiger partial charge in [0.15, 0.2) is 0 Å². The first-order valence-corrected chi connectivity index (χ1v) is 12.3. The topological polar surface area (TPSA) is 87.7 Å². The normalized spacial score (nSPS) is 19.6. The van der Waals surface area contributed by atoms with Gasteiger partial charge in [-0.05, 0) is 48.6 Å². The van der Waals surface area contributed by atoms with E-state index in [4.69, 9.17) is 16.3 Å². The summed E-state index contributed by atoms with van der Waals surface area (Å²) < 4.78 is 32.4. The molecule has 1 amide bonds. The molecule has 2 N–H and O–H groups in total. The number of carbonyl (C=O) groups is 1. The Balaban J connectivity index is 1.42. The third-order valence-electron chi connectivity index (χ3n) is 5.70. The molecule has 1 fully saturated rings. The summed E-state index contributed by atoms with van der Waals surface area (Å²) in [7, 11) is -3.67. The van der Waals surface area contributed by atoms with Crippen molar-refractivity contribution < 1.29 is 17.9 Å². The fourth-order valence-corrected chi connectivity index (χ4v) is 5.67. The number of rotatable bonds is 6. The molecular formula is C22H26ClN3O4S. The zero-order chi connectivity index (χ0) is 21.8. The van der Waals surface area contributed by atoms with Crippen LogP contribution in [-0.2, 0) is 26.0 Å². The first-order valence-electron chi connectivity index (χ1n) is 10.4. The van der Waals surface area contributed by atoms with Gasteiger partial charge in [-0.15, -0.1) is 0 Å². The number of benzene rings is 2. The molecule has 1 aliphatic heterocycles. The summed E-state index contributed by atoms with van der Waals surface area (Å²) in [4.78, 5) is 12.7. The van der Waals surface area contributed by atoms with Crippen LogP contribution in [0.3, 0.4) is 0 Å². The third kappa shape index (κ3) is 5.10. The van der Waals surface area contributed by atoms with Crippen molar-refractivity contribution in [1.29, 1.82) is 0 Å². The van der Waals surface area contributed by atoms with Crippen LogP contribution in [0.4, 0.5) is 5.69 Å². The Morgan fingerprint density at radius 1 is 1.16 bits per heavy atom. The maximum Gasteiger partial charge on any atom is 0.243 e. The quantitative estimate of drug-likeness (QED) is 0.687. The average Bonchev–Trinajstić information content (AvgIpc) is 2.79. The van der Waals surface area contributed by atoms with Crippen LogP contribution in [0.1, 0.15) is 30.0 Å². The molecule has 1 aliphatic carbocycles. The van der Waals surface area contributed by atoms with Crippen LogP contribution in [0.15, 0.2) is 47.4 Å². The van der Waals surface area contributed by atoms with Gasteiger partial charge >= 0.3 is 0 Å². The van der Waals surface area contributed by atoms with Crippen LogP contribution in [0.2, 0.25) is 5.02 Å². The molecule has 2 aromatic rings. The molecule has 4 rings (SSSR count). The molecule has 0 unspecified atom stereocenters. The Bertz CT molecular complexity index is 1050. The van der Waals surface area contributed by atoms with E-state index in [0.717, 1.165) is 19.3 Å². The van der Waals surface area contributed by atoms with Crippen molar-refractivity contribution in [3.8, 4) is 0 Å². The number of hydrogen-bond acceptors (Lipinski definition) is 5. The van der Waals surface area contributed by atoms with Gasteiger partial charge in [0, 0.05) is 19.1 Å². The Hall–Kier alpha value is -1.97. The van der Waals surface area contributed by atoms with E-state index >= 15 is 0 Å². The summed E-state index contributed by atoms with van der Waals surface area (Å²) in [6, 6.07) is 12.8. The highest BCUT2D eigenvalue weighted by atomic mass is 35.5. The maximum absolute atomic E-state index is 12.9. The number of ether oxygens (including phenoxy) is 1. The second-order valence-electron chi connectivity index (χ2n) is 7.73. The van der Waals surface area contributed by atoms with Crippen LogP contribution < -0.4 is 10.6 Å². The zero-order valence-electron chi connectivity index (χ0n) is 17.1. The number of hydrogen-bond donors (Lipinski definition) is 2. The van der Waals surface area contributed by atoms with Gasteiger partial charge in [-0.3, -0.25) is 4.79 Å². The van der Waals surface area contributed by atoms with Gasteiger partial charge in [0.25, 0.3) is 0 Å². The van der Waals surface area contributed by atoms with E-state index in [0.29, 0.717) is 26.3 Å². The maximum atomic E-state index is 12.9. The first-order chi connectivity index (χ1) is 14.9. The zero-order valence-corrected chi connectivity index (χ0v) is 18.7. The molecule has 9 heteroatoms. The van der Waals surface area contributed by atoms with Crippen molar-refractivity contribution in [2.75, 3.05) is 38.2 Å². The highest BCUT2D eigenvalue weighted by Gasteiger charge is 2.27. The largest absolute Gasteiger partial charge is 0.379 e. The van der Waals surface area contributed by atoms with E-state index in [1.807, 2.05) is 12.1 Å². The van der Waals surface area contributed by atoms with E-state index in [9.17, 15) is 13.2 Å². The molecule has 166 valence electrons. The van der Waals surface area contributed by atoms with Crippen LogP contribution in [0.25, 0.3) is 0 Å². The second kappa shape index (κ2) is 9.67. The number of halogens is 1. The molecule has 31 heavy (non-hydrogen) atoms. The first kappa shape index (κ1) is 22.2. The number of nitrogens with zero attached hydrogens (tertiary/aromatic N) is 1. The van der Waals surface area contributed by atoms with Crippen molar-refractivity contribution in [3.05, 3.63) is 58.6 Å². The molecule has 0 aromatic heterocycles. The molecule has 0 radical (unpaired) electrons. The molecule has 1 atom stereocenters. The minimum atomic E-state index is -3.67. The van der Waals surface area contributed by atoms with Crippen molar-refractivity contribution in [1.82, 2.24) is 9.62 Å². The summed E-state index contributed by atoms with van der Waals surface area (Å²) in [5, 5.41) is 6.36. The number of aryl methyl sites for hydroxylation is 1. The predicted octanol–water partition coefficient (Wildman–Crippen LogP) is 2.97. The lowest BCUT2D eigenvalue weighted by Gasteiger charge is -2.26. The van der Waals surface area contributed by atoms with E-state index < -0.39 is 10.0 Å². The Morgan fingerprint density at radius 3 is 2.74 bits per heavy atom. The van der Waals surface area contributed by atoms with Gasteiger partial charge in [0.2, 0.25) is 15.9 Å². The lowest BCUT2D eigenvalue weighted by atomic mass is 9.88. The van der Waals surface area contributed by atoms with Gasteiger partial charge < -0.3 is 15.4 Å². The number of morpholine rings is 1. The van der Waals surface area contributed by atoms with Gasteiger partial charge in [-0.1, -0.05) is 35.9 Å². The molecular weight excluding hydrogens is 438 g/mol. The van der Waals surface area contributed by atoms with Crippen LogP contribution in [-0.4, -0.2) is 51.5 Å². The van der Waals surface area contributed by atoms with Gasteiger partial charge in [-0.25, -0.2) is 8.42 Å². The minimum absolute atomic E-state index is 0.100. The Labute approximate surface area is 187 Å². The van der Waals surface area contributed by atoms with Crippen LogP contribution in [0, 0.1) is 0 Å². The fraction of sp³-hybridized carbons (Fsp3) is 0.409. The summed E-state index contributed by atoms with van der Waals surface area (Å²) >= 11 is 6.23. The summed E-state index contributed by atoms with van der Waals surface area (Å²) in [6.45, 7) is 1.45. The minimum Gasteiger partial charge on any atom is -0.379 e. The second-order valence-corrected chi connectivity index (χ2v) is 10.1. The molecule has 0 bridgehead atoms. The lowest BCUT2D eigenvalue weighted by Crippen LogP contribution is -2.40. The standard InChI is InChI=1S/C22H26ClN3O4S/c23-19-9-8-17(31(28,29)26-10-12-30-13-11-26)14-21(19)25-22(27)15-24-20-7-3-5-16-4-1-2-6-18(16)20/h1-2,4,6,8-9,14,20,24H,3,5,7,10-13,15H2,(H,25,27)/t20-/m1/s1. The molecule has 0 saturated carbocycles. The average molecular weight is 464 g/mol. The highest BCUT2D eigenvalue weighted by molar-refractivity contribution is 7.89. The van der Waals surface area contributed by atoms with Crippen molar-refractivity contribution in [3.63, 3.8) is 0 Å². The third-order valence-corrected chi connectivity index (χ3v) is 7.92. The predicted molar refractivity (Wildman–Crippen MR) is 120 cm³/mol. The lowest BCUT2D eigenvalue weighted by molar-refractivity contribution is -0.115. The number of amides is 1. The monoisotopic (exact) mass is 463 g/mol. The molecule has 7 nitrogen and oxygen atoms in total. The van der Waals surface area contributed by atoms with E-state index in [2.05, 4.69) is 22.8 Å². The van der Waals surface area contributed by atoms with Crippen LogP contribution >= 0.6 is 11.6 Å². The van der Waals surface area contributed by atoms with Crippen molar-refractivity contribution in [2.45, 2.75) is 30.2 Å². The smallest absolute Gasteiger partial charge is 0.243 e. The molecule has 1 heterocycles. The van der Waals surface area contributed by atoms with Gasteiger partial charge in [-0.2, -0.15) is 4.31 Å². The Morgan fingerprint density at radius 2 is 1.94 bits per heavy atom. The Kier molecular flexibility index (Phi) is 6.93. The van der Waals surface area contributed by atoms with Gasteiger partial charge in [0.05, 0.1) is 35.4 Å². The van der Waals surface area contributed by atoms with E-state index in [1.54, 1.807) is 0 Å². The van der Waals surface area contributed by atoms with Crippen molar-refractivity contribution >= 4 is 33.2 Å². The van der Waals surface area contributed by atoms with Crippen LogP contribution in [0.5, 0.6) is 0 Å². The molecule has 2 aromatic carbocycles. The van der Waals surface area contributed by atoms with Gasteiger partial charge in [0.1, 0.15) is 0 Å². The highest BCUT2D eigenvalue weighted by Crippen LogP contribution is 2.30. The molecule has 0 spiro atoms. The SMILES string of the molecule is O=C(CN[C@@H]1CCCc2ccccc21)Nc1cc(S(=O)(=O)N2CCOCC2)ccc1Cl.